The number of hydrogen-bond donors (Lipinski definition) is 1. The molecule has 1 aromatic heterocycles. The standard InChI is InChI=1S/C17H17NO/c1-13(18-11-14-8-9-19-12-14)16-7-6-15-4-2-3-5-17(15)10-16/h2-10,12-13,18H,11H2,1H3. The predicted molar refractivity (Wildman–Crippen MR) is 77.9 cm³/mol. The predicted octanol–water partition coefficient (Wildman–Crippen LogP) is 4.28. The maximum atomic E-state index is 5.07. The van der Waals surface area contributed by atoms with Gasteiger partial charge >= 0.3 is 0 Å². The Bertz CT molecular complexity index is 658. The fraction of sp³-hybridized carbons (Fsp3) is 0.176. The van der Waals surface area contributed by atoms with Gasteiger partial charge in [0.05, 0.1) is 12.5 Å². The van der Waals surface area contributed by atoms with Gasteiger partial charge in [-0.1, -0.05) is 36.4 Å². The molecule has 96 valence electrons. The van der Waals surface area contributed by atoms with Crippen molar-refractivity contribution in [2.24, 2.45) is 0 Å². The molecule has 0 aliphatic rings. The van der Waals surface area contributed by atoms with E-state index in [0.29, 0.717) is 6.04 Å². The van der Waals surface area contributed by atoms with E-state index in [2.05, 4.69) is 54.7 Å². The molecule has 1 heterocycles. The van der Waals surface area contributed by atoms with Gasteiger partial charge in [0.25, 0.3) is 0 Å². The summed E-state index contributed by atoms with van der Waals surface area (Å²) >= 11 is 0. The molecule has 1 atom stereocenters. The molecule has 1 unspecified atom stereocenters. The zero-order chi connectivity index (χ0) is 13.1. The van der Waals surface area contributed by atoms with Crippen LogP contribution in [-0.4, -0.2) is 0 Å². The smallest absolute Gasteiger partial charge is 0.0947 e. The lowest BCUT2D eigenvalue weighted by atomic mass is 10.0. The van der Waals surface area contributed by atoms with Gasteiger partial charge < -0.3 is 9.73 Å². The number of hydrogen-bond acceptors (Lipinski definition) is 2. The first kappa shape index (κ1) is 12.0. The molecule has 0 bridgehead atoms. The molecule has 2 heteroatoms. The monoisotopic (exact) mass is 251 g/mol. The molecule has 3 aromatic rings. The van der Waals surface area contributed by atoms with Crippen molar-refractivity contribution in [3.05, 3.63) is 72.2 Å². The fourth-order valence-corrected chi connectivity index (χ4v) is 2.26. The highest BCUT2D eigenvalue weighted by Gasteiger charge is 2.06. The lowest BCUT2D eigenvalue weighted by molar-refractivity contribution is 0.547. The Morgan fingerprint density at radius 3 is 2.68 bits per heavy atom. The molecular formula is C17H17NO. The van der Waals surface area contributed by atoms with Crippen LogP contribution in [0.25, 0.3) is 10.8 Å². The lowest BCUT2D eigenvalue weighted by Gasteiger charge is -2.14. The summed E-state index contributed by atoms with van der Waals surface area (Å²) in [5, 5.41) is 6.08. The first-order valence-electron chi connectivity index (χ1n) is 6.56. The Balaban J connectivity index is 1.75. The van der Waals surface area contributed by atoms with Gasteiger partial charge in [-0.05, 0) is 35.4 Å². The zero-order valence-electron chi connectivity index (χ0n) is 11.0. The van der Waals surface area contributed by atoms with Crippen LogP contribution >= 0.6 is 0 Å². The van der Waals surface area contributed by atoms with Crippen LogP contribution in [0.4, 0.5) is 0 Å². The summed E-state index contributed by atoms with van der Waals surface area (Å²) in [7, 11) is 0. The van der Waals surface area contributed by atoms with Crippen LogP contribution in [0.15, 0.2) is 65.5 Å². The second-order valence-electron chi connectivity index (χ2n) is 4.84. The van der Waals surface area contributed by atoms with E-state index in [1.54, 1.807) is 12.5 Å². The lowest BCUT2D eigenvalue weighted by Crippen LogP contribution is -2.17. The molecule has 0 saturated carbocycles. The van der Waals surface area contributed by atoms with Crippen LogP contribution in [-0.2, 0) is 6.54 Å². The molecule has 0 aliphatic heterocycles. The van der Waals surface area contributed by atoms with Crippen molar-refractivity contribution < 1.29 is 4.42 Å². The summed E-state index contributed by atoms with van der Waals surface area (Å²) in [6.07, 6.45) is 3.48. The highest BCUT2D eigenvalue weighted by atomic mass is 16.3. The van der Waals surface area contributed by atoms with E-state index in [4.69, 9.17) is 4.42 Å². The minimum Gasteiger partial charge on any atom is -0.472 e. The first-order valence-corrected chi connectivity index (χ1v) is 6.56. The summed E-state index contributed by atoms with van der Waals surface area (Å²) in [6, 6.07) is 17.4. The normalized spacial score (nSPS) is 12.7. The molecule has 2 aromatic carbocycles. The molecule has 1 N–H and O–H groups in total. The summed E-state index contributed by atoms with van der Waals surface area (Å²) in [4.78, 5) is 0. The van der Waals surface area contributed by atoms with Crippen LogP contribution in [0.2, 0.25) is 0 Å². The highest BCUT2D eigenvalue weighted by Crippen LogP contribution is 2.20. The highest BCUT2D eigenvalue weighted by molar-refractivity contribution is 5.83. The van der Waals surface area contributed by atoms with Crippen molar-refractivity contribution in [2.75, 3.05) is 0 Å². The fourth-order valence-electron chi connectivity index (χ4n) is 2.26. The van der Waals surface area contributed by atoms with Crippen molar-refractivity contribution >= 4 is 10.8 Å². The molecule has 3 rings (SSSR count). The molecule has 0 fully saturated rings. The van der Waals surface area contributed by atoms with E-state index in [1.165, 1.54) is 21.9 Å². The van der Waals surface area contributed by atoms with Crippen LogP contribution in [0.5, 0.6) is 0 Å². The summed E-state index contributed by atoms with van der Waals surface area (Å²) in [5.41, 5.74) is 2.48. The number of furan rings is 1. The van der Waals surface area contributed by atoms with Crippen molar-refractivity contribution in [3.63, 3.8) is 0 Å². The summed E-state index contributed by atoms with van der Waals surface area (Å²) in [6.45, 7) is 3.01. The maximum Gasteiger partial charge on any atom is 0.0947 e. The van der Waals surface area contributed by atoms with Gasteiger partial charge in [0.1, 0.15) is 0 Å². The van der Waals surface area contributed by atoms with Gasteiger partial charge in [-0.2, -0.15) is 0 Å². The first-order chi connectivity index (χ1) is 9.33. The SMILES string of the molecule is CC(NCc1ccoc1)c1ccc2ccccc2c1. The minimum absolute atomic E-state index is 0.319. The van der Waals surface area contributed by atoms with E-state index in [9.17, 15) is 0 Å². The third-order valence-electron chi connectivity index (χ3n) is 3.47. The maximum absolute atomic E-state index is 5.07. The third-order valence-corrected chi connectivity index (χ3v) is 3.47. The quantitative estimate of drug-likeness (QED) is 0.748. The average molecular weight is 251 g/mol. The van der Waals surface area contributed by atoms with Crippen LogP contribution in [0, 0.1) is 0 Å². The number of fused-ring (bicyclic) bond motifs is 1. The minimum atomic E-state index is 0.319. The van der Waals surface area contributed by atoms with Gasteiger partial charge in [-0.3, -0.25) is 0 Å². The Kier molecular flexibility index (Phi) is 3.34. The number of rotatable bonds is 4. The van der Waals surface area contributed by atoms with Crippen molar-refractivity contribution in [1.29, 1.82) is 0 Å². The average Bonchev–Trinajstić information content (AvgIpc) is 2.97. The zero-order valence-corrected chi connectivity index (χ0v) is 11.0. The second-order valence-corrected chi connectivity index (χ2v) is 4.84. The van der Waals surface area contributed by atoms with Crippen LogP contribution in [0.3, 0.4) is 0 Å². The van der Waals surface area contributed by atoms with E-state index < -0.39 is 0 Å². The molecule has 2 nitrogen and oxygen atoms in total. The Labute approximate surface area is 113 Å². The van der Waals surface area contributed by atoms with Crippen molar-refractivity contribution in [2.45, 2.75) is 19.5 Å². The van der Waals surface area contributed by atoms with E-state index in [0.717, 1.165) is 6.54 Å². The molecule has 0 amide bonds. The molecule has 19 heavy (non-hydrogen) atoms. The van der Waals surface area contributed by atoms with Gasteiger partial charge in [0.2, 0.25) is 0 Å². The van der Waals surface area contributed by atoms with Crippen LogP contribution in [0.1, 0.15) is 24.1 Å². The summed E-state index contributed by atoms with van der Waals surface area (Å²) in [5.74, 6) is 0. The largest absolute Gasteiger partial charge is 0.472 e. The van der Waals surface area contributed by atoms with E-state index in [1.807, 2.05) is 6.07 Å². The number of benzene rings is 2. The second kappa shape index (κ2) is 5.29. The van der Waals surface area contributed by atoms with Gasteiger partial charge in [0.15, 0.2) is 0 Å². The Morgan fingerprint density at radius 1 is 1.05 bits per heavy atom. The molecular weight excluding hydrogens is 234 g/mol. The van der Waals surface area contributed by atoms with Gasteiger partial charge in [-0.15, -0.1) is 0 Å². The third kappa shape index (κ3) is 2.69. The topological polar surface area (TPSA) is 25.2 Å². The molecule has 0 aliphatic carbocycles. The van der Waals surface area contributed by atoms with Gasteiger partial charge in [0, 0.05) is 18.2 Å². The van der Waals surface area contributed by atoms with Gasteiger partial charge in [-0.25, -0.2) is 0 Å². The molecule has 0 saturated heterocycles. The Morgan fingerprint density at radius 2 is 1.89 bits per heavy atom. The Hall–Kier alpha value is -2.06. The summed E-state index contributed by atoms with van der Waals surface area (Å²) < 4.78 is 5.07. The van der Waals surface area contributed by atoms with E-state index >= 15 is 0 Å². The van der Waals surface area contributed by atoms with Crippen molar-refractivity contribution in [3.8, 4) is 0 Å². The van der Waals surface area contributed by atoms with Crippen LogP contribution < -0.4 is 5.32 Å². The van der Waals surface area contributed by atoms with E-state index in [-0.39, 0.29) is 0 Å². The van der Waals surface area contributed by atoms with Crippen molar-refractivity contribution in [1.82, 2.24) is 5.32 Å². The molecule has 0 spiro atoms. The number of nitrogens with one attached hydrogen (secondary N) is 1. The molecule has 0 radical (unpaired) electrons.